The molecule has 1 atom stereocenters. The summed E-state index contributed by atoms with van der Waals surface area (Å²) >= 11 is 5.96. The van der Waals surface area contributed by atoms with Crippen LogP contribution in [0.15, 0.2) is 24.3 Å². The number of hydrogen-bond acceptors (Lipinski definition) is 4. The summed E-state index contributed by atoms with van der Waals surface area (Å²) in [6, 6.07) is 8.93. The zero-order chi connectivity index (χ0) is 18.7. The Balaban J connectivity index is 1.70. The van der Waals surface area contributed by atoms with Crippen molar-refractivity contribution in [2.75, 3.05) is 26.2 Å². The molecule has 0 bridgehead atoms. The highest BCUT2D eigenvalue weighted by molar-refractivity contribution is 7.89. The fraction of sp³-hybridized carbons (Fsp3) is 0.556. The fourth-order valence-electron chi connectivity index (χ4n) is 3.62. The van der Waals surface area contributed by atoms with Crippen LogP contribution in [0.4, 0.5) is 0 Å². The Morgan fingerprint density at radius 1 is 1.19 bits per heavy atom. The molecule has 1 amide bonds. The van der Waals surface area contributed by atoms with Gasteiger partial charge < -0.3 is 4.90 Å². The zero-order valence-corrected chi connectivity index (χ0v) is 16.0. The lowest BCUT2D eigenvalue weighted by Crippen LogP contribution is -2.51. The summed E-state index contributed by atoms with van der Waals surface area (Å²) in [5.41, 5.74) is 0.477. The van der Waals surface area contributed by atoms with Gasteiger partial charge in [0.1, 0.15) is 0 Å². The van der Waals surface area contributed by atoms with E-state index in [2.05, 4.69) is 6.07 Å². The Hall–Kier alpha value is -1.62. The number of hydrogen-bond donors (Lipinski definition) is 0. The van der Waals surface area contributed by atoms with Crippen molar-refractivity contribution in [3.05, 3.63) is 34.9 Å². The van der Waals surface area contributed by atoms with Crippen LogP contribution in [0.25, 0.3) is 0 Å². The second-order valence-electron chi connectivity index (χ2n) is 6.87. The monoisotopic (exact) mass is 395 g/mol. The van der Waals surface area contributed by atoms with Crippen molar-refractivity contribution >= 4 is 27.5 Å². The molecule has 0 N–H and O–H groups in total. The number of sulfonamides is 1. The number of nitriles is 1. The van der Waals surface area contributed by atoms with Gasteiger partial charge in [-0.15, -0.1) is 0 Å². The predicted octanol–water partition coefficient (Wildman–Crippen LogP) is 2.51. The normalized spacial score (nSPS) is 22.8. The number of halogens is 1. The Morgan fingerprint density at radius 3 is 2.58 bits per heavy atom. The average molecular weight is 396 g/mol. The first-order valence-electron chi connectivity index (χ1n) is 8.85. The Bertz CT molecular complexity index is 813. The van der Waals surface area contributed by atoms with Crippen molar-refractivity contribution in [1.29, 1.82) is 5.26 Å². The number of likely N-dealkylation sites (tertiary alicyclic amines) is 1. The van der Waals surface area contributed by atoms with Crippen LogP contribution in [0.2, 0.25) is 5.02 Å². The van der Waals surface area contributed by atoms with Gasteiger partial charge in [0.2, 0.25) is 10.0 Å². The van der Waals surface area contributed by atoms with Crippen molar-refractivity contribution in [3.8, 4) is 6.07 Å². The summed E-state index contributed by atoms with van der Waals surface area (Å²) in [5.74, 6) is -0.246. The van der Waals surface area contributed by atoms with Crippen LogP contribution in [0.3, 0.4) is 0 Å². The summed E-state index contributed by atoms with van der Waals surface area (Å²) in [6.07, 6.45) is 2.37. The maximum Gasteiger partial charge on any atom is 0.253 e. The topological polar surface area (TPSA) is 81.5 Å². The van der Waals surface area contributed by atoms with Gasteiger partial charge in [-0.2, -0.15) is 5.26 Å². The van der Waals surface area contributed by atoms with Crippen LogP contribution < -0.4 is 0 Å². The van der Waals surface area contributed by atoms with Gasteiger partial charge in [-0.1, -0.05) is 17.7 Å². The van der Waals surface area contributed by atoms with E-state index in [1.54, 1.807) is 29.2 Å². The third-order valence-electron chi connectivity index (χ3n) is 5.15. The lowest BCUT2D eigenvalue weighted by Gasteiger charge is -2.37. The maximum absolute atomic E-state index is 13.0. The van der Waals surface area contributed by atoms with E-state index in [0.717, 1.165) is 0 Å². The maximum atomic E-state index is 13.0. The van der Waals surface area contributed by atoms with Gasteiger partial charge in [-0.05, 0) is 43.9 Å². The SMILES string of the molecule is N#CC1CCN(S(=O)(=O)[C@@H]2CCCN(C(=O)c3cccc(Cl)c3)C2)CC1. The highest BCUT2D eigenvalue weighted by atomic mass is 35.5. The van der Waals surface area contributed by atoms with Gasteiger partial charge in [-0.3, -0.25) is 4.79 Å². The summed E-state index contributed by atoms with van der Waals surface area (Å²) < 4.78 is 27.5. The number of nitrogens with zero attached hydrogens (tertiary/aromatic N) is 3. The highest BCUT2D eigenvalue weighted by Gasteiger charge is 2.38. The minimum absolute atomic E-state index is 0.0614. The molecule has 0 saturated carbocycles. The molecule has 0 aromatic heterocycles. The number of benzene rings is 1. The lowest BCUT2D eigenvalue weighted by atomic mass is 10.0. The van der Waals surface area contributed by atoms with E-state index in [1.807, 2.05) is 0 Å². The lowest BCUT2D eigenvalue weighted by molar-refractivity contribution is 0.0725. The average Bonchev–Trinajstić information content (AvgIpc) is 2.67. The van der Waals surface area contributed by atoms with Crippen LogP contribution in [0.1, 0.15) is 36.0 Å². The zero-order valence-electron chi connectivity index (χ0n) is 14.5. The third-order valence-corrected chi connectivity index (χ3v) is 7.70. The molecular formula is C18H22ClN3O3S. The van der Waals surface area contributed by atoms with Gasteiger partial charge in [0.05, 0.1) is 11.3 Å². The Kier molecular flexibility index (Phi) is 5.86. The highest BCUT2D eigenvalue weighted by Crippen LogP contribution is 2.26. The van der Waals surface area contributed by atoms with E-state index >= 15 is 0 Å². The molecule has 2 saturated heterocycles. The quantitative estimate of drug-likeness (QED) is 0.787. The molecular weight excluding hydrogens is 374 g/mol. The van der Waals surface area contributed by atoms with Crippen molar-refractivity contribution < 1.29 is 13.2 Å². The standard InChI is InChI=1S/C18H22ClN3O3S/c19-16-4-1-3-15(11-16)18(23)21-8-2-5-17(13-21)26(24,25)22-9-6-14(12-20)7-10-22/h1,3-4,11,14,17H,2,5-10,13H2/t17-/m1/s1. The van der Waals surface area contributed by atoms with E-state index in [1.165, 1.54) is 4.31 Å². The molecule has 3 rings (SSSR count). The van der Waals surface area contributed by atoms with Gasteiger partial charge in [-0.25, -0.2) is 12.7 Å². The first kappa shape index (κ1) is 19.2. The number of carbonyl (C=O) groups excluding carboxylic acids is 1. The van der Waals surface area contributed by atoms with E-state index < -0.39 is 15.3 Å². The molecule has 2 aliphatic rings. The minimum Gasteiger partial charge on any atom is -0.337 e. The first-order chi connectivity index (χ1) is 12.4. The number of carbonyl (C=O) groups is 1. The summed E-state index contributed by atoms with van der Waals surface area (Å²) in [7, 11) is -3.47. The number of rotatable bonds is 3. The molecule has 0 radical (unpaired) electrons. The molecule has 0 unspecified atom stereocenters. The predicted molar refractivity (Wildman–Crippen MR) is 99.2 cm³/mol. The number of piperidine rings is 2. The molecule has 2 fully saturated rings. The Labute approximate surface area is 159 Å². The molecule has 6 nitrogen and oxygen atoms in total. The minimum atomic E-state index is -3.47. The second-order valence-corrected chi connectivity index (χ2v) is 9.52. The molecule has 1 aromatic rings. The van der Waals surface area contributed by atoms with Crippen LogP contribution in [-0.4, -0.2) is 55.0 Å². The molecule has 1 aromatic carbocycles. The molecule has 2 aliphatic heterocycles. The number of amides is 1. The Morgan fingerprint density at radius 2 is 1.92 bits per heavy atom. The fourth-order valence-corrected chi connectivity index (χ4v) is 5.78. The molecule has 140 valence electrons. The van der Waals surface area contributed by atoms with E-state index in [9.17, 15) is 13.2 Å². The summed E-state index contributed by atoms with van der Waals surface area (Å²) in [5, 5.41) is 8.88. The van der Waals surface area contributed by atoms with Gasteiger partial charge in [0.15, 0.2) is 0 Å². The van der Waals surface area contributed by atoms with Crippen molar-refractivity contribution in [3.63, 3.8) is 0 Å². The van der Waals surface area contributed by atoms with Crippen molar-refractivity contribution in [2.45, 2.75) is 30.9 Å². The molecule has 2 heterocycles. The van der Waals surface area contributed by atoms with Crippen LogP contribution in [-0.2, 0) is 10.0 Å². The summed E-state index contributed by atoms with van der Waals surface area (Å²) in [6.45, 7) is 1.53. The van der Waals surface area contributed by atoms with Crippen molar-refractivity contribution in [1.82, 2.24) is 9.21 Å². The second kappa shape index (κ2) is 7.95. The van der Waals surface area contributed by atoms with Gasteiger partial charge in [0.25, 0.3) is 5.91 Å². The smallest absolute Gasteiger partial charge is 0.253 e. The molecule has 8 heteroatoms. The van der Waals surface area contributed by atoms with E-state index in [0.29, 0.717) is 55.9 Å². The molecule has 26 heavy (non-hydrogen) atoms. The van der Waals surface area contributed by atoms with Crippen molar-refractivity contribution in [2.24, 2.45) is 5.92 Å². The largest absolute Gasteiger partial charge is 0.337 e. The van der Waals surface area contributed by atoms with Gasteiger partial charge in [0, 0.05) is 42.7 Å². The molecule has 0 spiro atoms. The molecule has 0 aliphatic carbocycles. The first-order valence-corrected chi connectivity index (χ1v) is 10.7. The third kappa shape index (κ3) is 4.03. The van der Waals surface area contributed by atoms with Crippen LogP contribution in [0.5, 0.6) is 0 Å². The van der Waals surface area contributed by atoms with Crippen LogP contribution >= 0.6 is 11.6 Å². The van der Waals surface area contributed by atoms with Crippen LogP contribution in [0, 0.1) is 17.2 Å². The summed E-state index contributed by atoms with van der Waals surface area (Å²) in [4.78, 5) is 14.3. The van der Waals surface area contributed by atoms with Gasteiger partial charge >= 0.3 is 0 Å². The van der Waals surface area contributed by atoms with E-state index in [4.69, 9.17) is 16.9 Å². The van der Waals surface area contributed by atoms with E-state index in [-0.39, 0.29) is 18.4 Å².